The van der Waals surface area contributed by atoms with Crippen molar-refractivity contribution in [1.82, 2.24) is 9.78 Å². The van der Waals surface area contributed by atoms with Gasteiger partial charge in [-0.05, 0) is 60.4 Å². The molecule has 110 valence electrons. The molecule has 0 saturated carbocycles. The van der Waals surface area contributed by atoms with Gasteiger partial charge in [-0.15, -0.1) is 0 Å². The summed E-state index contributed by atoms with van der Waals surface area (Å²) in [5.74, 6) is 0. The van der Waals surface area contributed by atoms with Crippen molar-refractivity contribution in [1.29, 1.82) is 0 Å². The van der Waals surface area contributed by atoms with Crippen LogP contribution in [0.3, 0.4) is 0 Å². The van der Waals surface area contributed by atoms with Crippen LogP contribution in [0.25, 0.3) is 5.69 Å². The van der Waals surface area contributed by atoms with Gasteiger partial charge in [0.1, 0.15) is 0 Å². The largest absolute Gasteiger partial charge is 0.378 e. The number of hydrogen-bond donors (Lipinski definition) is 1. The Balaban J connectivity index is 1.65. The standard InChI is InChI=1S/C18H16ClN3/c19-14-3-1-4-15(11-14)21-18-8-6-13-5-7-16(12-17(13)18)22-10-2-9-20-22/h1-5,7,9-12,18,21H,6,8H2. The average Bonchev–Trinajstić information content (AvgIpc) is 3.17. The number of benzene rings is 2. The zero-order valence-electron chi connectivity index (χ0n) is 12.0. The first-order chi connectivity index (χ1) is 10.8. The zero-order chi connectivity index (χ0) is 14.9. The summed E-state index contributed by atoms with van der Waals surface area (Å²) in [5.41, 5.74) is 4.93. The Hall–Kier alpha value is -2.26. The third-order valence-electron chi connectivity index (χ3n) is 4.14. The van der Waals surface area contributed by atoms with E-state index >= 15 is 0 Å². The first kappa shape index (κ1) is 13.4. The van der Waals surface area contributed by atoms with Crippen molar-refractivity contribution in [2.75, 3.05) is 5.32 Å². The summed E-state index contributed by atoms with van der Waals surface area (Å²) in [4.78, 5) is 0. The second kappa shape index (κ2) is 5.50. The van der Waals surface area contributed by atoms with Gasteiger partial charge in [0, 0.05) is 23.1 Å². The maximum atomic E-state index is 6.07. The molecule has 22 heavy (non-hydrogen) atoms. The zero-order valence-corrected chi connectivity index (χ0v) is 12.8. The van der Waals surface area contributed by atoms with Crippen LogP contribution in [0.2, 0.25) is 5.02 Å². The quantitative estimate of drug-likeness (QED) is 0.764. The number of hydrogen-bond acceptors (Lipinski definition) is 2. The summed E-state index contributed by atoms with van der Waals surface area (Å²) in [7, 11) is 0. The number of halogens is 1. The molecule has 0 radical (unpaired) electrons. The van der Waals surface area contributed by atoms with Crippen LogP contribution in [0.1, 0.15) is 23.6 Å². The van der Waals surface area contributed by atoms with Crippen LogP contribution in [0.4, 0.5) is 5.69 Å². The molecule has 0 spiro atoms. The number of nitrogens with zero attached hydrogens (tertiary/aromatic N) is 2. The molecule has 1 unspecified atom stereocenters. The van der Waals surface area contributed by atoms with Gasteiger partial charge in [-0.25, -0.2) is 4.68 Å². The van der Waals surface area contributed by atoms with Crippen LogP contribution in [0.15, 0.2) is 60.9 Å². The van der Waals surface area contributed by atoms with E-state index < -0.39 is 0 Å². The predicted octanol–water partition coefficient (Wildman–Crippen LogP) is 4.63. The number of aromatic nitrogens is 2. The van der Waals surface area contributed by atoms with Gasteiger partial charge in [-0.2, -0.15) is 5.10 Å². The molecule has 1 aliphatic carbocycles. The van der Waals surface area contributed by atoms with E-state index in [9.17, 15) is 0 Å². The number of nitrogens with one attached hydrogen (secondary N) is 1. The predicted molar refractivity (Wildman–Crippen MR) is 89.7 cm³/mol. The van der Waals surface area contributed by atoms with Crippen LogP contribution in [-0.2, 0) is 6.42 Å². The Morgan fingerprint density at radius 3 is 2.91 bits per heavy atom. The summed E-state index contributed by atoms with van der Waals surface area (Å²) in [5, 5.41) is 8.67. The third-order valence-corrected chi connectivity index (χ3v) is 4.38. The molecule has 1 heterocycles. The van der Waals surface area contributed by atoms with Gasteiger partial charge < -0.3 is 5.32 Å². The molecular weight excluding hydrogens is 294 g/mol. The fraction of sp³-hybridized carbons (Fsp3) is 0.167. The fourth-order valence-corrected chi connectivity index (χ4v) is 3.27. The van der Waals surface area contributed by atoms with Crippen molar-refractivity contribution in [3.63, 3.8) is 0 Å². The van der Waals surface area contributed by atoms with Gasteiger partial charge in [0.15, 0.2) is 0 Å². The van der Waals surface area contributed by atoms with Gasteiger partial charge in [0.25, 0.3) is 0 Å². The van der Waals surface area contributed by atoms with E-state index in [4.69, 9.17) is 11.6 Å². The topological polar surface area (TPSA) is 29.9 Å². The Bertz CT molecular complexity index is 796. The minimum absolute atomic E-state index is 0.323. The molecule has 0 fully saturated rings. The van der Waals surface area contributed by atoms with E-state index in [2.05, 4.69) is 34.7 Å². The maximum Gasteiger partial charge on any atom is 0.0649 e. The second-order valence-corrected chi connectivity index (χ2v) is 6.02. The van der Waals surface area contributed by atoms with E-state index in [1.807, 2.05) is 35.1 Å². The van der Waals surface area contributed by atoms with Crippen molar-refractivity contribution in [3.05, 3.63) is 77.1 Å². The summed E-state index contributed by atoms with van der Waals surface area (Å²) in [6.45, 7) is 0. The summed E-state index contributed by atoms with van der Waals surface area (Å²) in [6.07, 6.45) is 5.97. The highest BCUT2D eigenvalue weighted by Gasteiger charge is 2.23. The highest BCUT2D eigenvalue weighted by atomic mass is 35.5. The average molecular weight is 310 g/mol. The van der Waals surface area contributed by atoms with E-state index in [0.717, 1.165) is 29.2 Å². The van der Waals surface area contributed by atoms with Gasteiger partial charge in [-0.3, -0.25) is 0 Å². The van der Waals surface area contributed by atoms with Crippen molar-refractivity contribution < 1.29 is 0 Å². The molecule has 0 aliphatic heterocycles. The third kappa shape index (κ3) is 2.48. The Labute approximate surface area is 134 Å². The Morgan fingerprint density at radius 1 is 1.14 bits per heavy atom. The van der Waals surface area contributed by atoms with Crippen molar-refractivity contribution in [2.45, 2.75) is 18.9 Å². The minimum atomic E-state index is 0.323. The van der Waals surface area contributed by atoms with Crippen molar-refractivity contribution in [3.8, 4) is 5.69 Å². The van der Waals surface area contributed by atoms with Gasteiger partial charge in [0.05, 0.1) is 11.7 Å². The number of aryl methyl sites for hydroxylation is 1. The van der Waals surface area contributed by atoms with Crippen LogP contribution in [-0.4, -0.2) is 9.78 Å². The number of anilines is 1. The number of rotatable bonds is 3. The van der Waals surface area contributed by atoms with Crippen molar-refractivity contribution in [2.24, 2.45) is 0 Å². The molecule has 2 aromatic carbocycles. The lowest BCUT2D eigenvalue weighted by Crippen LogP contribution is -2.07. The van der Waals surface area contributed by atoms with Crippen LogP contribution < -0.4 is 5.32 Å². The monoisotopic (exact) mass is 309 g/mol. The molecule has 3 aromatic rings. The van der Waals surface area contributed by atoms with Gasteiger partial charge in [0.2, 0.25) is 0 Å². The van der Waals surface area contributed by atoms with E-state index in [1.165, 1.54) is 11.1 Å². The molecule has 3 nitrogen and oxygen atoms in total. The van der Waals surface area contributed by atoms with E-state index in [-0.39, 0.29) is 0 Å². The molecule has 1 N–H and O–H groups in total. The highest BCUT2D eigenvalue weighted by molar-refractivity contribution is 6.30. The van der Waals surface area contributed by atoms with E-state index in [1.54, 1.807) is 6.20 Å². The Kier molecular flexibility index (Phi) is 3.35. The Morgan fingerprint density at radius 2 is 2.09 bits per heavy atom. The first-order valence-electron chi connectivity index (χ1n) is 7.44. The van der Waals surface area contributed by atoms with Crippen molar-refractivity contribution >= 4 is 17.3 Å². The molecule has 4 heteroatoms. The summed E-state index contributed by atoms with van der Waals surface area (Å²) < 4.78 is 1.90. The molecule has 1 aliphatic rings. The highest BCUT2D eigenvalue weighted by Crippen LogP contribution is 2.35. The van der Waals surface area contributed by atoms with Crippen LogP contribution >= 0.6 is 11.6 Å². The van der Waals surface area contributed by atoms with Crippen LogP contribution in [0.5, 0.6) is 0 Å². The van der Waals surface area contributed by atoms with Gasteiger partial charge >= 0.3 is 0 Å². The van der Waals surface area contributed by atoms with E-state index in [0.29, 0.717) is 6.04 Å². The number of fused-ring (bicyclic) bond motifs is 1. The normalized spacial score (nSPS) is 16.5. The molecule has 0 saturated heterocycles. The maximum absolute atomic E-state index is 6.07. The smallest absolute Gasteiger partial charge is 0.0649 e. The molecular formula is C18H16ClN3. The summed E-state index contributed by atoms with van der Waals surface area (Å²) >= 11 is 6.07. The summed E-state index contributed by atoms with van der Waals surface area (Å²) in [6, 6.07) is 16.7. The fourth-order valence-electron chi connectivity index (χ4n) is 3.08. The molecule has 4 rings (SSSR count). The van der Waals surface area contributed by atoms with Crippen LogP contribution in [0, 0.1) is 0 Å². The molecule has 1 atom stereocenters. The molecule has 0 bridgehead atoms. The molecule has 0 amide bonds. The second-order valence-electron chi connectivity index (χ2n) is 5.58. The minimum Gasteiger partial charge on any atom is -0.378 e. The first-order valence-corrected chi connectivity index (χ1v) is 7.82. The SMILES string of the molecule is Clc1cccc(NC2CCc3ccc(-n4cccn4)cc32)c1. The molecule has 1 aromatic heterocycles. The lowest BCUT2D eigenvalue weighted by atomic mass is 10.1. The lowest BCUT2D eigenvalue weighted by molar-refractivity contribution is 0.761. The van der Waals surface area contributed by atoms with Gasteiger partial charge in [-0.1, -0.05) is 23.7 Å². The lowest BCUT2D eigenvalue weighted by Gasteiger charge is -2.16.